The van der Waals surface area contributed by atoms with Gasteiger partial charge in [-0.15, -0.1) is 0 Å². The summed E-state index contributed by atoms with van der Waals surface area (Å²) in [7, 11) is 0. The lowest BCUT2D eigenvalue weighted by molar-refractivity contribution is 0.175. The minimum absolute atomic E-state index is 0.0387. The largest absolute Gasteiger partial charge is 0.392 e. The highest BCUT2D eigenvalue weighted by Gasteiger charge is 2.15. The summed E-state index contributed by atoms with van der Waals surface area (Å²) in [5.74, 6) is -0.493. The average Bonchev–Trinajstić information content (AvgIpc) is 2.39. The Hall–Kier alpha value is -0.800. The Kier molecular flexibility index (Phi) is 5.28. The van der Waals surface area contributed by atoms with Gasteiger partial charge in [-0.1, -0.05) is 53.0 Å². The Labute approximate surface area is 131 Å². The molecule has 1 N–H and O–H groups in total. The summed E-state index contributed by atoms with van der Waals surface area (Å²) in [6, 6.07) is 9.69. The smallest absolute Gasteiger partial charge is 0.142 e. The first-order chi connectivity index (χ1) is 9.49. The predicted octanol–water partition coefficient (Wildman–Crippen LogP) is 4.93. The number of rotatable bonds is 4. The van der Waals surface area contributed by atoms with Crippen LogP contribution in [0.3, 0.4) is 0 Å². The minimum atomic E-state index is -0.744. The monoisotopic (exact) mass is 332 g/mol. The van der Waals surface area contributed by atoms with Crippen molar-refractivity contribution in [3.63, 3.8) is 0 Å². The van der Waals surface area contributed by atoms with Crippen molar-refractivity contribution in [1.29, 1.82) is 0 Å². The van der Waals surface area contributed by atoms with E-state index in [1.54, 1.807) is 30.3 Å². The molecule has 0 saturated heterocycles. The van der Waals surface area contributed by atoms with Crippen molar-refractivity contribution >= 4 is 34.8 Å². The van der Waals surface area contributed by atoms with E-state index in [2.05, 4.69) is 0 Å². The Morgan fingerprint density at radius 3 is 2.20 bits per heavy atom. The zero-order chi connectivity index (χ0) is 14.7. The van der Waals surface area contributed by atoms with Crippen molar-refractivity contribution in [1.82, 2.24) is 0 Å². The third-order valence-electron chi connectivity index (χ3n) is 2.99. The summed E-state index contributed by atoms with van der Waals surface area (Å²) in [4.78, 5) is 0. The number of aliphatic hydroxyl groups excluding tert-OH is 1. The minimum Gasteiger partial charge on any atom is -0.392 e. The molecule has 2 aromatic carbocycles. The second-order valence-electron chi connectivity index (χ2n) is 4.48. The Balaban J connectivity index is 2.13. The van der Waals surface area contributed by atoms with Crippen LogP contribution in [0.4, 0.5) is 4.39 Å². The fourth-order valence-corrected chi connectivity index (χ4v) is 2.75. The van der Waals surface area contributed by atoms with Crippen LogP contribution in [0.2, 0.25) is 15.1 Å². The molecule has 0 aromatic heterocycles. The number of aliphatic hydroxyl groups is 1. The molecule has 0 saturated carbocycles. The van der Waals surface area contributed by atoms with Crippen molar-refractivity contribution in [3.05, 3.63) is 68.4 Å². The van der Waals surface area contributed by atoms with Crippen molar-refractivity contribution in [2.45, 2.75) is 18.9 Å². The lowest BCUT2D eigenvalue weighted by atomic mass is 10.0. The summed E-state index contributed by atoms with van der Waals surface area (Å²) in [5.41, 5.74) is 1.23. The van der Waals surface area contributed by atoms with Crippen LogP contribution in [0, 0.1) is 5.82 Å². The molecular formula is C15H12Cl3FO. The van der Waals surface area contributed by atoms with E-state index in [9.17, 15) is 9.50 Å². The summed E-state index contributed by atoms with van der Waals surface area (Å²) >= 11 is 18.0. The number of halogens is 4. The van der Waals surface area contributed by atoms with E-state index in [0.29, 0.717) is 21.2 Å². The van der Waals surface area contributed by atoms with Crippen LogP contribution in [0.5, 0.6) is 0 Å². The second-order valence-corrected chi connectivity index (χ2v) is 5.67. The van der Waals surface area contributed by atoms with Gasteiger partial charge >= 0.3 is 0 Å². The highest BCUT2D eigenvalue weighted by Crippen LogP contribution is 2.27. The van der Waals surface area contributed by atoms with Gasteiger partial charge < -0.3 is 5.11 Å². The molecule has 0 aliphatic rings. The summed E-state index contributed by atoms with van der Waals surface area (Å²) in [5, 5.41) is 11.2. The van der Waals surface area contributed by atoms with Gasteiger partial charge in [-0.05, 0) is 29.3 Å². The standard InChI is InChI=1S/C15H12Cl3FO/c16-12-4-2-5-13(17)11(12)8-10(20)7-9-3-1-6-14(19)15(9)18/h1-6,10,20H,7-8H2. The van der Waals surface area contributed by atoms with Crippen LogP contribution in [0.15, 0.2) is 36.4 Å². The molecular weight excluding hydrogens is 322 g/mol. The number of hydrogen-bond donors (Lipinski definition) is 1. The summed E-state index contributed by atoms with van der Waals surface area (Å²) < 4.78 is 13.3. The second kappa shape index (κ2) is 6.77. The van der Waals surface area contributed by atoms with Crippen LogP contribution in [-0.4, -0.2) is 11.2 Å². The number of hydrogen-bond acceptors (Lipinski definition) is 1. The van der Waals surface area contributed by atoms with E-state index in [0.717, 1.165) is 0 Å². The Morgan fingerprint density at radius 2 is 1.55 bits per heavy atom. The van der Waals surface area contributed by atoms with E-state index < -0.39 is 11.9 Å². The first-order valence-corrected chi connectivity index (χ1v) is 7.16. The third kappa shape index (κ3) is 3.64. The highest BCUT2D eigenvalue weighted by molar-refractivity contribution is 6.36. The SMILES string of the molecule is OC(Cc1cccc(F)c1Cl)Cc1c(Cl)cccc1Cl. The van der Waals surface area contributed by atoms with Gasteiger partial charge in [-0.25, -0.2) is 4.39 Å². The van der Waals surface area contributed by atoms with E-state index in [1.807, 2.05) is 0 Å². The molecule has 0 amide bonds. The zero-order valence-corrected chi connectivity index (χ0v) is 12.7. The van der Waals surface area contributed by atoms with E-state index in [4.69, 9.17) is 34.8 Å². The molecule has 0 fully saturated rings. The van der Waals surface area contributed by atoms with Gasteiger partial charge in [0.1, 0.15) is 5.82 Å². The molecule has 5 heteroatoms. The maximum atomic E-state index is 13.3. The van der Waals surface area contributed by atoms with Gasteiger partial charge in [0.05, 0.1) is 11.1 Å². The van der Waals surface area contributed by atoms with Crippen LogP contribution < -0.4 is 0 Å². The molecule has 0 spiro atoms. The van der Waals surface area contributed by atoms with E-state index in [1.165, 1.54) is 6.07 Å². The third-order valence-corrected chi connectivity index (χ3v) is 4.12. The van der Waals surface area contributed by atoms with Crippen molar-refractivity contribution in [2.75, 3.05) is 0 Å². The molecule has 0 radical (unpaired) electrons. The van der Waals surface area contributed by atoms with Gasteiger partial charge in [0.15, 0.2) is 0 Å². The molecule has 106 valence electrons. The van der Waals surface area contributed by atoms with Gasteiger partial charge in [-0.2, -0.15) is 0 Å². The molecule has 1 atom stereocenters. The van der Waals surface area contributed by atoms with Crippen molar-refractivity contribution < 1.29 is 9.50 Å². The summed E-state index contributed by atoms with van der Waals surface area (Å²) in [6.07, 6.45) is -0.226. The van der Waals surface area contributed by atoms with Gasteiger partial charge in [0.25, 0.3) is 0 Å². The normalized spacial score (nSPS) is 12.4. The predicted molar refractivity (Wildman–Crippen MR) is 81.3 cm³/mol. The summed E-state index contributed by atoms with van der Waals surface area (Å²) in [6.45, 7) is 0. The zero-order valence-electron chi connectivity index (χ0n) is 10.4. The fraction of sp³-hybridized carbons (Fsp3) is 0.200. The fourth-order valence-electron chi connectivity index (χ4n) is 2.00. The molecule has 2 rings (SSSR count). The van der Waals surface area contributed by atoms with Crippen molar-refractivity contribution in [2.24, 2.45) is 0 Å². The first kappa shape index (κ1) is 15.6. The van der Waals surface area contributed by atoms with Gasteiger partial charge in [0, 0.05) is 22.9 Å². The Bertz CT molecular complexity index is 596. The molecule has 20 heavy (non-hydrogen) atoms. The van der Waals surface area contributed by atoms with Crippen LogP contribution in [-0.2, 0) is 12.8 Å². The topological polar surface area (TPSA) is 20.2 Å². The van der Waals surface area contributed by atoms with Gasteiger partial charge in [-0.3, -0.25) is 0 Å². The molecule has 0 aliphatic heterocycles. The first-order valence-electron chi connectivity index (χ1n) is 6.03. The molecule has 1 unspecified atom stereocenters. The lowest BCUT2D eigenvalue weighted by Crippen LogP contribution is -2.15. The molecule has 0 aliphatic carbocycles. The quantitative estimate of drug-likeness (QED) is 0.841. The van der Waals surface area contributed by atoms with E-state index in [-0.39, 0.29) is 17.9 Å². The number of benzene rings is 2. The maximum absolute atomic E-state index is 13.3. The van der Waals surface area contributed by atoms with Crippen LogP contribution >= 0.6 is 34.8 Å². The highest BCUT2D eigenvalue weighted by atomic mass is 35.5. The van der Waals surface area contributed by atoms with Gasteiger partial charge in [0.2, 0.25) is 0 Å². The lowest BCUT2D eigenvalue weighted by Gasteiger charge is -2.14. The van der Waals surface area contributed by atoms with Crippen LogP contribution in [0.25, 0.3) is 0 Å². The van der Waals surface area contributed by atoms with Crippen molar-refractivity contribution in [3.8, 4) is 0 Å². The maximum Gasteiger partial charge on any atom is 0.142 e. The molecule has 0 bridgehead atoms. The molecule has 2 aromatic rings. The molecule has 1 nitrogen and oxygen atoms in total. The van der Waals surface area contributed by atoms with Crippen LogP contribution in [0.1, 0.15) is 11.1 Å². The average molecular weight is 334 g/mol. The molecule has 0 heterocycles. The Morgan fingerprint density at radius 1 is 0.950 bits per heavy atom. The van der Waals surface area contributed by atoms with E-state index >= 15 is 0 Å².